The molecule has 104 valence electrons. The van der Waals surface area contributed by atoms with Gasteiger partial charge >= 0.3 is 0 Å². The summed E-state index contributed by atoms with van der Waals surface area (Å²) in [6, 6.07) is 7.36. The Bertz CT molecular complexity index is 668. The maximum atomic E-state index is 11.3. The number of halogens is 2. The Balaban J connectivity index is 1.94. The molecule has 1 aliphatic rings. The lowest BCUT2D eigenvalue weighted by Gasteiger charge is -2.20. The van der Waals surface area contributed by atoms with Gasteiger partial charge < -0.3 is 15.8 Å². The van der Waals surface area contributed by atoms with E-state index < -0.39 is 0 Å². The van der Waals surface area contributed by atoms with E-state index in [0.29, 0.717) is 11.4 Å². The number of nitrogens with one attached hydrogen (secondary N) is 1. The fourth-order valence-corrected chi connectivity index (χ4v) is 4.09. The summed E-state index contributed by atoms with van der Waals surface area (Å²) in [6.45, 7) is 0.0587. The van der Waals surface area contributed by atoms with Gasteiger partial charge in [-0.3, -0.25) is 4.79 Å². The molecule has 0 radical (unpaired) electrons. The second-order valence-electron chi connectivity index (χ2n) is 4.34. The van der Waals surface area contributed by atoms with Crippen LogP contribution in [-0.2, 0) is 4.79 Å². The number of hydrogen-bond donors (Lipinski definition) is 2. The Morgan fingerprint density at radius 3 is 2.85 bits per heavy atom. The van der Waals surface area contributed by atoms with Gasteiger partial charge in [0.05, 0.1) is 15.5 Å². The molecule has 20 heavy (non-hydrogen) atoms. The smallest absolute Gasteiger partial charge is 0.262 e. The van der Waals surface area contributed by atoms with Gasteiger partial charge in [-0.2, -0.15) is 0 Å². The largest absolute Gasteiger partial charge is 0.482 e. The van der Waals surface area contributed by atoms with Gasteiger partial charge in [-0.05, 0) is 55.6 Å². The molecular formula is C13H10Br2N2O2S. The maximum Gasteiger partial charge on any atom is 0.262 e. The predicted molar refractivity (Wildman–Crippen MR) is 86.3 cm³/mol. The number of amides is 1. The molecule has 1 amide bonds. The molecule has 3 rings (SSSR count). The highest BCUT2D eigenvalue weighted by molar-refractivity contribution is 9.13. The van der Waals surface area contributed by atoms with Crippen LogP contribution in [0, 0.1) is 0 Å². The lowest BCUT2D eigenvalue weighted by atomic mass is 10.0. The SMILES string of the molecule is NC(c1ccc2c(c1)NC(=O)CO2)c1cc(Br)c(Br)s1. The van der Waals surface area contributed by atoms with Gasteiger partial charge in [0.1, 0.15) is 5.75 Å². The Hall–Kier alpha value is -0.890. The van der Waals surface area contributed by atoms with Crippen molar-refractivity contribution >= 4 is 54.8 Å². The van der Waals surface area contributed by atoms with Crippen molar-refractivity contribution in [2.24, 2.45) is 5.73 Å². The Morgan fingerprint density at radius 1 is 1.35 bits per heavy atom. The molecule has 4 nitrogen and oxygen atoms in total. The highest BCUT2D eigenvalue weighted by Crippen LogP contribution is 2.38. The molecule has 0 saturated heterocycles. The van der Waals surface area contributed by atoms with Gasteiger partial charge in [0.25, 0.3) is 5.91 Å². The number of nitrogens with two attached hydrogens (primary N) is 1. The fraction of sp³-hybridized carbons (Fsp3) is 0.154. The number of rotatable bonds is 2. The molecule has 7 heteroatoms. The van der Waals surface area contributed by atoms with E-state index in [1.807, 2.05) is 24.3 Å². The minimum absolute atomic E-state index is 0.0587. The van der Waals surface area contributed by atoms with E-state index in [9.17, 15) is 4.79 Å². The van der Waals surface area contributed by atoms with E-state index in [1.165, 1.54) is 0 Å². The molecule has 1 aromatic heterocycles. The molecule has 2 aromatic rings. The summed E-state index contributed by atoms with van der Waals surface area (Å²) >= 11 is 8.50. The van der Waals surface area contributed by atoms with E-state index >= 15 is 0 Å². The molecule has 1 atom stereocenters. The Labute approximate surface area is 136 Å². The van der Waals surface area contributed by atoms with Gasteiger partial charge in [0.15, 0.2) is 6.61 Å². The number of thiophene rings is 1. The number of anilines is 1. The van der Waals surface area contributed by atoms with Gasteiger partial charge in [-0.1, -0.05) is 6.07 Å². The summed E-state index contributed by atoms with van der Waals surface area (Å²) in [5.74, 6) is 0.527. The lowest BCUT2D eigenvalue weighted by Crippen LogP contribution is -2.25. The zero-order valence-electron chi connectivity index (χ0n) is 10.2. The molecule has 0 saturated carbocycles. The third-order valence-corrected chi connectivity index (χ3v) is 6.31. The lowest BCUT2D eigenvalue weighted by molar-refractivity contribution is -0.118. The van der Waals surface area contributed by atoms with Crippen molar-refractivity contribution in [3.63, 3.8) is 0 Å². The fourth-order valence-electron chi connectivity index (χ4n) is 1.98. The van der Waals surface area contributed by atoms with Crippen molar-refractivity contribution in [3.8, 4) is 5.75 Å². The van der Waals surface area contributed by atoms with Crippen LogP contribution in [-0.4, -0.2) is 12.5 Å². The summed E-state index contributed by atoms with van der Waals surface area (Å²) in [4.78, 5) is 12.4. The third kappa shape index (κ3) is 2.63. The number of ether oxygens (including phenoxy) is 1. The zero-order chi connectivity index (χ0) is 14.3. The number of benzene rings is 1. The molecule has 0 aliphatic carbocycles. The van der Waals surface area contributed by atoms with E-state index in [-0.39, 0.29) is 18.6 Å². The second kappa shape index (κ2) is 5.48. The predicted octanol–water partition coefficient (Wildman–Crippen LogP) is 3.65. The van der Waals surface area contributed by atoms with E-state index in [1.54, 1.807) is 11.3 Å². The van der Waals surface area contributed by atoms with Crippen LogP contribution in [0.25, 0.3) is 0 Å². The van der Waals surface area contributed by atoms with Crippen LogP contribution in [0.4, 0.5) is 5.69 Å². The number of carbonyl (C=O) groups is 1. The summed E-state index contributed by atoms with van der Waals surface area (Å²) in [6.07, 6.45) is 0. The maximum absolute atomic E-state index is 11.3. The average Bonchev–Trinajstić information content (AvgIpc) is 2.77. The highest BCUT2D eigenvalue weighted by Gasteiger charge is 2.19. The van der Waals surface area contributed by atoms with Crippen molar-refractivity contribution in [1.82, 2.24) is 0 Å². The van der Waals surface area contributed by atoms with Crippen molar-refractivity contribution in [2.45, 2.75) is 6.04 Å². The molecule has 1 aromatic carbocycles. The topological polar surface area (TPSA) is 64.3 Å². The summed E-state index contributed by atoms with van der Waals surface area (Å²) in [5.41, 5.74) is 7.88. The van der Waals surface area contributed by atoms with E-state index in [4.69, 9.17) is 10.5 Å². The van der Waals surface area contributed by atoms with Crippen LogP contribution in [0.3, 0.4) is 0 Å². The first-order valence-electron chi connectivity index (χ1n) is 5.81. The quantitative estimate of drug-likeness (QED) is 0.783. The van der Waals surface area contributed by atoms with Crippen LogP contribution in [0.1, 0.15) is 16.5 Å². The highest BCUT2D eigenvalue weighted by atomic mass is 79.9. The standard InChI is InChI=1S/C13H10Br2N2O2S/c14-7-4-10(20-13(7)15)12(16)6-1-2-9-8(3-6)17-11(18)5-19-9/h1-4,12H,5,16H2,(H,17,18). The Kier molecular flexibility index (Phi) is 3.85. The number of hydrogen-bond acceptors (Lipinski definition) is 4. The van der Waals surface area contributed by atoms with Crippen molar-refractivity contribution in [2.75, 3.05) is 11.9 Å². The first-order valence-corrected chi connectivity index (χ1v) is 8.22. The molecule has 2 heterocycles. The summed E-state index contributed by atoms with van der Waals surface area (Å²) < 4.78 is 7.33. The van der Waals surface area contributed by atoms with Gasteiger partial charge in [0, 0.05) is 9.35 Å². The van der Waals surface area contributed by atoms with Crippen LogP contribution >= 0.6 is 43.2 Å². The third-order valence-electron chi connectivity index (χ3n) is 2.97. The molecule has 0 spiro atoms. The van der Waals surface area contributed by atoms with E-state index in [2.05, 4.69) is 37.2 Å². The van der Waals surface area contributed by atoms with Crippen molar-refractivity contribution in [1.29, 1.82) is 0 Å². The number of carbonyl (C=O) groups excluding carboxylic acids is 1. The normalized spacial score (nSPS) is 15.2. The van der Waals surface area contributed by atoms with Crippen molar-refractivity contribution in [3.05, 3.63) is 43.0 Å². The van der Waals surface area contributed by atoms with Crippen LogP contribution in [0.2, 0.25) is 0 Å². The monoisotopic (exact) mass is 416 g/mol. The first-order chi connectivity index (χ1) is 9.54. The summed E-state index contributed by atoms with van der Waals surface area (Å²) in [7, 11) is 0. The van der Waals surface area contributed by atoms with Crippen molar-refractivity contribution < 1.29 is 9.53 Å². The zero-order valence-corrected chi connectivity index (χ0v) is 14.1. The second-order valence-corrected chi connectivity index (χ2v) is 7.60. The van der Waals surface area contributed by atoms with Gasteiger partial charge in [-0.15, -0.1) is 11.3 Å². The van der Waals surface area contributed by atoms with Crippen LogP contribution in [0.15, 0.2) is 32.5 Å². The Morgan fingerprint density at radius 2 is 2.15 bits per heavy atom. The van der Waals surface area contributed by atoms with Crippen LogP contribution < -0.4 is 15.8 Å². The van der Waals surface area contributed by atoms with Gasteiger partial charge in [0.2, 0.25) is 0 Å². The minimum Gasteiger partial charge on any atom is -0.482 e. The molecule has 1 unspecified atom stereocenters. The number of fused-ring (bicyclic) bond motifs is 1. The van der Waals surface area contributed by atoms with E-state index in [0.717, 1.165) is 18.7 Å². The minimum atomic E-state index is -0.244. The molecule has 3 N–H and O–H groups in total. The first kappa shape index (κ1) is 14.1. The molecule has 0 fully saturated rings. The molecular weight excluding hydrogens is 408 g/mol. The van der Waals surface area contributed by atoms with Crippen LogP contribution in [0.5, 0.6) is 5.75 Å². The summed E-state index contributed by atoms with van der Waals surface area (Å²) in [5, 5.41) is 2.79. The van der Waals surface area contributed by atoms with Gasteiger partial charge in [-0.25, -0.2) is 0 Å². The average molecular weight is 418 g/mol. The molecule has 0 bridgehead atoms. The molecule has 1 aliphatic heterocycles.